The number of nitro benzene ring substituents is 1. The molecule has 0 aliphatic carbocycles. The van der Waals surface area contributed by atoms with E-state index in [-0.39, 0.29) is 23.4 Å². The highest BCUT2D eigenvalue weighted by Crippen LogP contribution is 2.42. The number of likely N-dealkylation sites (tertiary alicyclic amines) is 1. The fourth-order valence-corrected chi connectivity index (χ4v) is 4.06. The van der Waals surface area contributed by atoms with Crippen molar-refractivity contribution in [3.05, 3.63) is 81.5 Å². The molecule has 0 radical (unpaired) electrons. The smallest absolute Gasteiger partial charge is 0.295 e. The Balaban J connectivity index is 1.89. The monoisotopic (exact) mass is 435 g/mol. The molecular weight excluding hydrogens is 414 g/mol. The van der Waals surface area contributed by atoms with E-state index in [9.17, 15) is 24.8 Å². The maximum atomic E-state index is 13.0. The minimum absolute atomic E-state index is 0.0962. The van der Waals surface area contributed by atoms with Crippen molar-refractivity contribution in [3.8, 4) is 0 Å². The summed E-state index contributed by atoms with van der Waals surface area (Å²) in [7, 11) is 1.55. The molecule has 9 heteroatoms. The number of hydrogen-bond acceptors (Lipinski definition) is 6. The van der Waals surface area contributed by atoms with E-state index < -0.39 is 28.4 Å². The maximum Gasteiger partial charge on any atom is 0.295 e. The molecule has 0 bridgehead atoms. The first-order chi connectivity index (χ1) is 15.4. The van der Waals surface area contributed by atoms with Crippen molar-refractivity contribution in [1.29, 1.82) is 0 Å². The summed E-state index contributed by atoms with van der Waals surface area (Å²) < 4.78 is 5.08. The van der Waals surface area contributed by atoms with Gasteiger partial charge >= 0.3 is 0 Å². The number of para-hydroxylation sites is 1. The third-order valence-corrected chi connectivity index (χ3v) is 5.53. The van der Waals surface area contributed by atoms with Crippen LogP contribution in [0, 0.1) is 10.1 Å². The summed E-state index contributed by atoms with van der Waals surface area (Å²) in [5.74, 6) is -2.01. The molecule has 1 fully saturated rings. The lowest BCUT2D eigenvalue weighted by Gasteiger charge is -2.24. The van der Waals surface area contributed by atoms with Crippen LogP contribution in [-0.4, -0.2) is 51.9 Å². The third kappa shape index (κ3) is 3.63. The second-order valence-corrected chi connectivity index (χ2v) is 7.44. The van der Waals surface area contributed by atoms with Crippen LogP contribution in [0.3, 0.4) is 0 Å². The molecule has 1 aliphatic rings. The summed E-state index contributed by atoms with van der Waals surface area (Å²) in [5, 5.41) is 23.0. The van der Waals surface area contributed by atoms with E-state index in [0.717, 1.165) is 10.9 Å². The van der Waals surface area contributed by atoms with Gasteiger partial charge in [0, 0.05) is 60.6 Å². The van der Waals surface area contributed by atoms with Crippen molar-refractivity contribution < 1.29 is 24.4 Å². The van der Waals surface area contributed by atoms with E-state index >= 15 is 0 Å². The van der Waals surface area contributed by atoms with Gasteiger partial charge in [0.1, 0.15) is 5.76 Å². The first-order valence-corrected chi connectivity index (χ1v) is 10.0. The third-order valence-electron chi connectivity index (χ3n) is 5.53. The highest BCUT2D eigenvalue weighted by Gasteiger charge is 2.46. The van der Waals surface area contributed by atoms with Gasteiger partial charge in [0.25, 0.3) is 17.4 Å². The van der Waals surface area contributed by atoms with Crippen LogP contribution < -0.4 is 0 Å². The number of ether oxygens (including phenoxy) is 1. The van der Waals surface area contributed by atoms with E-state index in [0.29, 0.717) is 18.6 Å². The normalized spacial score (nSPS) is 17.9. The zero-order valence-corrected chi connectivity index (χ0v) is 17.3. The van der Waals surface area contributed by atoms with Gasteiger partial charge in [-0.1, -0.05) is 30.3 Å². The Labute approximate surface area is 183 Å². The number of aromatic nitrogens is 1. The molecule has 0 saturated carbocycles. The Morgan fingerprint density at radius 3 is 2.75 bits per heavy atom. The summed E-state index contributed by atoms with van der Waals surface area (Å²) >= 11 is 0. The van der Waals surface area contributed by atoms with Gasteiger partial charge in [0.05, 0.1) is 16.5 Å². The zero-order chi connectivity index (χ0) is 22.8. The lowest BCUT2D eigenvalue weighted by atomic mass is 9.95. The SMILES string of the molecule is COCCCN1C(=O)C(=O)/C(=C(/O)c2cccc([N+](=O)[O-])c2)C1c1c[nH]c2ccccc12. The van der Waals surface area contributed by atoms with Crippen molar-refractivity contribution in [2.45, 2.75) is 12.5 Å². The molecule has 4 rings (SSSR count). The molecule has 32 heavy (non-hydrogen) atoms. The van der Waals surface area contributed by atoms with E-state index in [1.54, 1.807) is 13.3 Å². The largest absolute Gasteiger partial charge is 0.507 e. The van der Waals surface area contributed by atoms with Crippen LogP contribution in [-0.2, 0) is 14.3 Å². The topological polar surface area (TPSA) is 126 Å². The molecule has 1 aromatic heterocycles. The van der Waals surface area contributed by atoms with E-state index in [2.05, 4.69) is 4.98 Å². The predicted molar refractivity (Wildman–Crippen MR) is 117 cm³/mol. The summed E-state index contributed by atoms with van der Waals surface area (Å²) in [6.07, 6.45) is 2.21. The van der Waals surface area contributed by atoms with Gasteiger partial charge in [0.15, 0.2) is 0 Å². The van der Waals surface area contributed by atoms with Crippen molar-refractivity contribution in [1.82, 2.24) is 9.88 Å². The van der Waals surface area contributed by atoms with Gasteiger partial charge in [-0.3, -0.25) is 19.7 Å². The number of aromatic amines is 1. The molecule has 1 saturated heterocycles. The minimum atomic E-state index is -0.845. The number of benzene rings is 2. The van der Waals surface area contributed by atoms with Gasteiger partial charge in [-0.05, 0) is 12.5 Å². The quantitative estimate of drug-likeness (QED) is 0.146. The van der Waals surface area contributed by atoms with Crippen LogP contribution in [0.4, 0.5) is 5.69 Å². The van der Waals surface area contributed by atoms with Crippen LogP contribution in [0.1, 0.15) is 23.6 Å². The fourth-order valence-electron chi connectivity index (χ4n) is 4.06. The number of nitrogens with zero attached hydrogens (tertiary/aromatic N) is 2. The molecule has 2 aromatic carbocycles. The van der Waals surface area contributed by atoms with Crippen LogP contribution in [0.15, 0.2) is 60.3 Å². The van der Waals surface area contributed by atoms with Gasteiger partial charge in [-0.15, -0.1) is 0 Å². The second-order valence-electron chi connectivity index (χ2n) is 7.44. The Morgan fingerprint density at radius 1 is 1.22 bits per heavy atom. The zero-order valence-electron chi connectivity index (χ0n) is 17.3. The molecule has 1 unspecified atom stereocenters. The van der Waals surface area contributed by atoms with Crippen LogP contribution in [0.5, 0.6) is 0 Å². The summed E-state index contributed by atoms with van der Waals surface area (Å²) in [6, 6.07) is 12.0. The Morgan fingerprint density at radius 2 is 2.00 bits per heavy atom. The maximum absolute atomic E-state index is 13.0. The second kappa shape index (κ2) is 8.64. The van der Waals surface area contributed by atoms with Crippen LogP contribution in [0.2, 0.25) is 0 Å². The van der Waals surface area contributed by atoms with Gasteiger partial charge in [0.2, 0.25) is 0 Å². The first-order valence-electron chi connectivity index (χ1n) is 10.0. The number of amides is 1. The number of non-ortho nitro benzene ring substituents is 1. The van der Waals surface area contributed by atoms with Gasteiger partial charge in [-0.25, -0.2) is 0 Å². The van der Waals surface area contributed by atoms with E-state index in [4.69, 9.17) is 4.74 Å². The van der Waals surface area contributed by atoms with Crippen LogP contribution in [0.25, 0.3) is 16.7 Å². The number of aliphatic hydroxyl groups excluding tert-OH is 1. The number of H-pyrrole nitrogens is 1. The molecule has 1 aliphatic heterocycles. The Bertz CT molecular complexity index is 1250. The number of Topliss-reactive ketones (excluding diaryl/α,β-unsaturated/α-hetero) is 1. The lowest BCUT2D eigenvalue weighted by molar-refractivity contribution is -0.384. The molecule has 9 nitrogen and oxygen atoms in total. The van der Waals surface area contributed by atoms with E-state index in [1.807, 2.05) is 24.3 Å². The van der Waals surface area contributed by atoms with Gasteiger partial charge in [-0.2, -0.15) is 0 Å². The van der Waals surface area contributed by atoms with Crippen molar-refractivity contribution in [2.24, 2.45) is 0 Å². The highest BCUT2D eigenvalue weighted by molar-refractivity contribution is 6.46. The Hall–Kier alpha value is -3.98. The molecule has 2 N–H and O–H groups in total. The molecule has 2 heterocycles. The number of methoxy groups -OCH3 is 1. The lowest BCUT2D eigenvalue weighted by Crippen LogP contribution is -2.31. The molecule has 0 spiro atoms. The summed E-state index contributed by atoms with van der Waals surface area (Å²) in [4.78, 5) is 41.1. The molecule has 1 atom stereocenters. The average molecular weight is 435 g/mol. The number of fused-ring (bicyclic) bond motifs is 1. The number of aliphatic hydroxyl groups is 1. The molecular formula is C23H21N3O6. The standard InChI is InChI=1S/C23H21N3O6/c1-32-11-5-10-25-20(17-13-24-18-9-3-2-8-16(17)18)19(22(28)23(25)29)21(27)14-6-4-7-15(12-14)26(30)31/h2-4,6-9,12-13,20,24,27H,5,10-11H2,1H3/b21-19+. The average Bonchev–Trinajstić information content (AvgIpc) is 3.33. The minimum Gasteiger partial charge on any atom is -0.507 e. The first kappa shape index (κ1) is 21.3. The number of carbonyl (C=O) groups is 2. The van der Waals surface area contributed by atoms with E-state index in [1.165, 1.54) is 29.2 Å². The van der Waals surface area contributed by atoms with Gasteiger partial charge < -0.3 is 19.7 Å². The number of nitro groups is 1. The number of nitrogens with one attached hydrogen (secondary N) is 1. The molecule has 1 amide bonds. The fraction of sp³-hybridized carbons (Fsp3) is 0.217. The molecule has 164 valence electrons. The summed E-state index contributed by atoms with van der Waals surface area (Å²) in [5.41, 5.74) is 1.24. The predicted octanol–water partition coefficient (Wildman–Crippen LogP) is 3.53. The van der Waals surface area contributed by atoms with Crippen molar-refractivity contribution >= 4 is 34.0 Å². The number of carbonyl (C=O) groups excluding carboxylic acids is 2. The number of ketones is 1. The summed E-state index contributed by atoms with van der Waals surface area (Å²) in [6.45, 7) is 0.642. The molecule has 3 aromatic rings. The highest BCUT2D eigenvalue weighted by atomic mass is 16.6. The number of rotatable bonds is 7. The Kier molecular flexibility index (Phi) is 5.74. The number of hydrogen-bond donors (Lipinski definition) is 2. The van der Waals surface area contributed by atoms with Crippen molar-refractivity contribution in [2.75, 3.05) is 20.3 Å². The van der Waals surface area contributed by atoms with Crippen LogP contribution >= 0.6 is 0 Å². The van der Waals surface area contributed by atoms with Crippen molar-refractivity contribution in [3.63, 3.8) is 0 Å².